The van der Waals surface area contributed by atoms with Gasteiger partial charge < -0.3 is 10.3 Å². The van der Waals surface area contributed by atoms with Gasteiger partial charge in [0.25, 0.3) is 0 Å². The lowest BCUT2D eigenvalue weighted by atomic mass is 9.80. The number of nitrogens with zero attached hydrogens (tertiary/aromatic N) is 1. The zero-order valence-electron chi connectivity index (χ0n) is 16.7. The first-order valence-electron chi connectivity index (χ1n) is 10.6. The SMILES string of the molecule is c1csc(C2(Nc3[nH]c4ccccc4c3CCc3ccncc3)CCCCC2)c1. The highest BCUT2D eigenvalue weighted by molar-refractivity contribution is 7.10. The highest BCUT2D eigenvalue weighted by Gasteiger charge is 2.35. The topological polar surface area (TPSA) is 40.7 Å². The fraction of sp³-hybridized carbons (Fsp3) is 0.320. The predicted molar refractivity (Wildman–Crippen MR) is 123 cm³/mol. The van der Waals surface area contributed by atoms with E-state index in [1.54, 1.807) is 0 Å². The van der Waals surface area contributed by atoms with Gasteiger partial charge in [-0.15, -0.1) is 11.3 Å². The van der Waals surface area contributed by atoms with E-state index in [1.807, 2.05) is 23.7 Å². The maximum atomic E-state index is 4.16. The lowest BCUT2D eigenvalue weighted by Crippen LogP contribution is -2.37. The molecule has 148 valence electrons. The van der Waals surface area contributed by atoms with Crippen LogP contribution in [-0.2, 0) is 18.4 Å². The van der Waals surface area contributed by atoms with Gasteiger partial charge in [-0.25, -0.2) is 0 Å². The Morgan fingerprint density at radius 1 is 0.931 bits per heavy atom. The van der Waals surface area contributed by atoms with Crippen LogP contribution in [0.1, 0.15) is 48.1 Å². The summed E-state index contributed by atoms with van der Waals surface area (Å²) in [6.07, 6.45) is 12.1. The fourth-order valence-corrected chi connectivity index (χ4v) is 5.71. The molecule has 3 heterocycles. The molecule has 1 aliphatic rings. The van der Waals surface area contributed by atoms with Crippen molar-refractivity contribution < 1.29 is 0 Å². The van der Waals surface area contributed by atoms with Gasteiger partial charge in [0.05, 0.1) is 5.54 Å². The summed E-state index contributed by atoms with van der Waals surface area (Å²) in [6.45, 7) is 0. The van der Waals surface area contributed by atoms with Gasteiger partial charge in [0, 0.05) is 33.7 Å². The zero-order valence-corrected chi connectivity index (χ0v) is 17.5. The molecule has 2 N–H and O–H groups in total. The highest BCUT2D eigenvalue weighted by Crippen LogP contribution is 2.43. The minimum Gasteiger partial charge on any atom is -0.361 e. The molecule has 1 aliphatic carbocycles. The number of aromatic nitrogens is 2. The standard InChI is InChI=1S/C25H27N3S/c1-4-14-25(15-5-1,23-9-6-18-29-23)28-24-21(11-10-19-12-16-26-17-13-19)20-7-2-3-8-22(20)27-24/h2-3,6-9,12-13,16-18,27-28H,1,4-5,10-11,14-15H2. The van der Waals surface area contributed by atoms with Crippen molar-refractivity contribution >= 4 is 28.1 Å². The normalized spacial score (nSPS) is 16.1. The van der Waals surface area contributed by atoms with Gasteiger partial charge in [0.15, 0.2) is 0 Å². The molecule has 0 bridgehead atoms. The summed E-state index contributed by atoms with van der Waals surface area (Å²) in [6, 6.07) is 17.4. The van der Waals surface area contributed by atoms with Crippen molar-refractivity contribution in [1.29, 1.82) is 0 Å². The Balaban J connectivity index is 1.52. The Hall–Kier alpha value is -2.59. The minimum absolute atomic E-state index is 0.0543. The van der Waals surface area contributed by atoms with E-state index in [9.17, 15) is 0 Å². The molecule has 0 saturated heterocycles. The molecule has 0 spiro atoms. The van der Waals surface area contributed by atoms with Crippen molar-refractivity contribution in [2.75, 3.05) is 5.32 Å². The Morgan fingerprint density at radius 3 is 2.55 bits per heavy atom. The molecule has 3 aromatic heterocycles. The predicted octanol–water partition coefficient (Wildman–Crippen LogP) is 6.68. The number of anilines is 1. The third-order valence-electron chi connectivity index (χ3n) is 6.29. The van der Waals surface area contributed by atoms with Crippen molar-refractivity contribution in [1.82, 2.24) is 9.97 Å². The van der Waals surface area contributed by atoms with Crippen LogP contribution in [0.5, 0.6) is 0 Å². The Kier molecular flexibility index (Phi) is 5.11. The minimum atomic E-state index is 0.0543. The van der Waals surface area contributed by atoms with Crippen LogP contribution in [0.4, 0.5) is 5.82 Å². The summed E-state index contributed by atoms with van der Waals surface area (Å²) in [5, 5.41) is 7.58. The van der Waals surface area contributed by atoms with Crippen LogP contribution in [-0.4, -0.2) is 9.97 Å². The monoisotopic (exact) mass is 401 g/mol. The van der Waals surface area contributed by atoms with Crippen LogP contribution in [0.15, 0.2) is 66.3 Å². The first-order chi connectivity index (χ1) is 14.3. The Morgan fingerprint density at radius 2 is 1.76 bits per heavy atom. The summed E-state index contributed by atoms with van der Waals surface area (Å²) in [5.74, 6) is 1.20. The number of aryl methyl sites for hydroxylation is 2. The van der Waals surface area contributed by atoms with E-state index in [2.05, 4.69) is 69.2 Å². The third-order valence-corrected chi connectivity index (χ3v) is 7.36. The maximum absolute atomic E-state index is 4.16. The molecule has 4 heteroatoms. The number of hydrogen-bond donors (Lipinski definition) is 2. The zero-order chi connectivity index (χ0) is 19.5. The Bertz CT molecular complexity index is 1060. The van der Waals surface area contributed by atoms with Crippen LogP contribution in [0, 0.1) is 0 Å². The van der Waals surface area contributed by atoms with E-state index in [0.717, 1.165) is 12.8 Å². The lowest BCUT2D eigenvalue weighted by Gasteiger charge is -2.38. The number of hydrogen-bond acceptors (Lipinski definition) is 3. The quantitative estimate of drug-likeness (QED) is 0.378. The largest absolute Gasteiger partial charge is 0.361 e. The van der Waals surface area contributed by atoms with E-state index >= 15 is 0 Å². The number of aromatic amines is 1. The van der Waals surface area contributed by atoms with Crippen LogP contribution in [0.2, 0.25) is 0 Å². The molecule has 4 aromatic rings. The Labute approximate surface area is 176 Å². The number of pyridine rings is 1. The molecule has 0 unspecified atom stereocenters. The maximum Gasteiger partial charge on any atom is 0.108 e. The highest BCUT2D eigenvalue weighted by atomic mass is 32.1. The van der Waals surface area contributed by atoms with Gasteiger partial charge in [-0.2, -0.15) is 0 Å². The van der Waals surface area contributed by atoms with E-state index in [4.69, 9.17) is 0 Å². The molecule has 0 radical (unpaired) electrons. The number of nitrogens with one attached hydrogen (secondary N) is 2. The number of H-pyrrole nitrogens is 1. The van der Waals surface area contributed by atoms with Gasteiger partial charge in [-0.3, -0.25) is 4.98 Å². The fourth-order valence-electron chi connectivity index (χ4n) is 4.76. The molecule has 1 aromatic carbocycles. The van der Waals surface area contributed by atoms with Crippen molar-refractivity contribution in [3.63, 3.8) is 0 Å². The van der Waals surface area contributed by atoms with Crippen molar-refractivity contribution in [3.05, 3.63) is 82.3 Å². The number of thiophene rings is 1. The van der Waals surface area contributed by atoms with Crippen molar-refractivity contribution in [3.8, 4) is 0 Å². The molecule has 0 aliphatic heterocycles. The number of rotatable bonds is 6. The molecule has 29 heavy (non-hydrogen) atoms. The average molecular weight is 402 g/mol. The lowest BCUT2D eigenvalue weighted by molar-refractivity contribution is 0.335. The van der Waals surface area contributed by atoms with Gasteiger partial charge in [-0.05, 0) is 60.9 Å². The first-order valence-corrected chi connectivity index (χ1v) is 11.5. The molecule has 0 amide bonds. The average Bonchev–Trinajstić information content (AvgIpc) is 3.42. The van der Waals surface area contributed by atoms with Gasteiger partial charge in [-0.1, -0.05) is 43.5 Å². The van der Waals surface area contributed by atoms with Gasteiger partial charge in [0.1, 0.15) is 5.82 Å². The van der Waals surface area contributed by atoms with E-state index in [1.165, 1.54) is 64.8 Å². The van der Waals surface area contributed by atoms with Gasteiger partial charge >= 0.3 is 0 Å². The summed E-state index contributed by atoms with van der Waals surface area (Å²) >= 11 is 1.89. The summed E-state index contributed by atoms with van der Waals surface area (Å²) in [5.41, 5.74) is 4.01. The van der Waals surface area contributed by atoms with Crippen LogP contribution in [0.3, 0.4) is 0 Å². The number of fused-ring (bicyclic) bond motifs is 1. The molecule has 1 saturated carbocycles. The number of para-hydroxylation sites is 1. The second kappa shape index (κ2) is 8.03. The van der Waals surface area contributed by atoms with Crippen molar-refractivity contribution in [2.45, 2.75) is 50.5 Å². The summed E-state index contributed by atoms with van der Waals surface area (Å²) in [7, 11) is 0. The second-order valence-corrected chi connectivity index (χ2v) is 9.07. The molecule has 1 fully saturated rings. The molecular weight excluding hydrogens is 374 g/mol. The first kappa shape index (κ1) is 18.4. The molecular formula is C25H27N3S. The summed E-state index contributed by atoms with van der Waals surface area (Å²) < 4.78 is 0. The second-order valence-electron chi connectivity index (χ2n) is 8.12. The molecule has 3 nitrogen and oxygen atoms in total. The molecule has 0 atom stereocenters. The smallest absolute Gasteiger partial charge is 0.108 e. The third kappa shape index (κ3) is 3.69. The number of benzene rings is 1. The van der Waals surface area contributed by atoms with Crippen LogP contribution < -0.4 is 5.32 Å². The van der Waals surface area contributed by atoms with Crippen LogP contribution in [0.25, 0.3) is 10.9 Å². The van der Waals surface area contributed by atoms with E-state index in [-0.39, 0.29) is 5.54 Å². The van der Waals surface area contributed by atoms with Crippen LogP contribution >= 0.6 is 11.3 Å². The molecule has 5 rings (SSSR count). The van der Waals surface area contributed by atoms with E-state index < -0.39 is 0 Å². The van der Waals surface area contributed by atoms with E-state index in [0.29, 0.717) is 0 Å². The van der Waals surface area contributed by atoms with Gasteiger partial charge in [0.2, 0.25) is 0 Å². The summed E-state index contributed by atoms with van der Waals surface area (Å²) in [4.78, 5) is 9.34. The van der Waals surface area contributed by atoms with Crippen molar-refractivity contribution in [2.24, 2.45) is 0 Å².